The maximum Gasteiger partial charge on any atom is 0.323 e. The third-order valence-electron chi connectivity index (χ3n) is 4.77. The zero-order valence-electron chi connectivity index (χ0n) is 17.4. The molecule has 3 amide bonds. The van der Waals surface area contributed by atoms with Crippen LogP contribution in [0, 0.1) is 11.7 Å². The first-order valence-electron chi connectivity index (χ1n) is 10.2. The summed E-state index contributed by atoms with van der Waals surface area (Å²) in [5, 5.41) is 7.95. The van der Waals surface area contributed by atoms with Crippen LogP contribution in [0.5, 0.6) is 11.5 Å². The van der Waals surface area contributed by atoms with E-state index in [2.05, 4.69) is 20.9 Å². The number of pyridine rings is 1. The molecule has 1 atom stereocenters. The molecular weight excluding hydrogens is 449 g/mol. The normalized spacial score (nSPS) is 13.0. The highest BCUT2D eigenvalue weighted by Crippen LogP contribution is 2.31. The Kier molecular flexibility index (Phi) is 7.10. The van der Waals surface area contributed by atoms with Gasteiger partial charge in [-0.1, -0.05) is 0 Å². The highest BCUT2D eigenvalue weighted by Gasteiger charge is 2.29. The van der Waals surface area contributed by atoms with Crippen LogP contribution in [-0.4, -0.2) is 16.9 Å². The van der Waals surface area contributed by atoms with Gasteiger partial charge in [0.05, 0.1) is 8.89 Å². The van der Waals surface area contributed by atoms with E-state index in [4.69, 9.17) is 4.74 Å². The Balaban J connectivity index is 1.33. The van der Waals surface area contributed by atoms with Crippen molar-refractivity contribution in [3.8, 4) is 11.5 Å². The van der Waals surface area contributed by atoms with Gasteiger partial charge in [0.1, 0.15) is 23.1 Å². The number of carbonyl (C=O) groups excluding carboxylic acids is 2. The van der Waals surface area contributed by atoms with Crippen molar-refractivity contribution in [3.63, 3.8) is 0 Å². The third kappa shape index (κ3) is 6.70. The number of nitrogens with zero attached hydrogens (tertiary/aromatic N) is 1. The maximum absolute atomic E-state index is 13.6. The summed E-state index contributed by atoms with van der Waals surface area (Å²) in [5.74, 6) is 0.942. The molecule has 1 aliphatic rings. The van der Waals surface area contributed by atoms with Crippen LogP contribution in [0.3, 0.4) is 0 Å². The number of nitrogens with one attached hydrogen (secondary N) is 3. The van der Waals surface area contributed by atoms with E-state index in [1.54, 1.807) is 42.6 Å². The van der Waals surface area contributed by atoms with Crippen LogP contribution in [-0.2, 0) is 11.0 Å². The molecule has 33 heavy (non-hydrogen) atoms. The van der Waals surface area contributed by atoms with Crippen LogP contribution in [0.4, 0.5) is 30.6 Å². The number of benzene rings is 2. The van der Waals surface area contributed by atoms with Gasteiger partial charge in [-0.3, -0.25) is 4.79 Å². The SMILES string of the molecule is O=C(Nc1ccc(Oc2ccnc(NC(=O)C3CC3)c2)cc1)Nc1cc(F)cc(CPF)c1. The second-order valence-electron chi connectivity index (χ2n) is 7.50. The molecule has 10 heteroatoms. The first kappa shape index (κ1) is 22.6. The number of hydrogen-bond donors (Lipinski definition) is 3. The summed E-state index contributed by atoms with van der Waals surface area (Å²) in [6.45, 7) is 0. The fourth-order valence-corrected chi connectivity index (χ4v) is 3.41. The van der Waals surface area contributed by atoms with Gasteiger partial charge in [0.15, 0.2) is 0 Å². The molecule has 1 aliphatic carbocycles. The summed E-state index contributed by atoms with van der Waals surface area (Å²) in [6, 6.07) is 13.3. The molecule has 1 unspecified atom stereocenters. The van der Waals surface area contributed by atoms with Crippen LogP contribution in [0.2, 0.25) is 0 Å². The zero-order valence-corrected chi connectivity index (χ0v) is 18.4. The highest BCUT2D eigenvalue weighted by atomic mass is 31.1. The molecule has 7 nitrogen and oxygen atoms in total. The Morgan fingerprint density at radius 3 is 2.45 bits per heavy atom. The van der Waals surface area contributed by atoms with Crippen LogP contribution in [0.15, 0.2) is 60.8 Å². The van der Waals surface area contributed by atoms with E-state index >= 15 is 0 Å². The first-order chi connectivity index (χ1) is 16.0. The Labute approximate surface area is 190 Å². The minimum Gasteiger partial charge on any atom is -0.457 e. The lowest BCUT2D eigenvalue weighted by atomic mass is 10.2. The summed E-state index contributed by atoms with van der Waals surface area (Å²) >= 11 is 0. The van der Waals surface area contributed by atoms with Gasteiger partial charge < -0.3 is 20.7 Å². The van der Waals surface area contributed by atoms with Gasteiger partial charge in [0, 0.05) is 35.7 Å². The number of urea groups is 1. The lowest BCUT2D eigenvalue weighted by Crippen LogP contribution is -2.19. The molecule has 0 bridgehead atoms. The largest absolute Gasteiger partial charge is 0.457 e. The fraction of sp³-hybridized carbons (Fsp3) is 0.174. The third-order valence-corrected chi connectivity index (χ3v) is 5.31. The molecule has 3 N–H and O–H groups in total. The van der Waals surface area contributed by atoms with Gasteiger partial charge in [-0.25, -0.2) is 18.4 Å². The standard InChI is InChI=1S/C23H21F2N4O3P/c24-16-9-14(13-33-25)10-18(11-16)28-23(31)27-17-3-5-19(6-4-17)32-20-7-8-26-21(12-20)29-22(30)15-1-2-15/h3-12,15,33H,1-2,13H2,(H,26,29,30)(H2,27,28,31). The van der Waals surface area contributed by atoms with Crippen molar-refractivity contribution < 1.29 is 22.9 Å². The van der Waals surface area contributed by atoms with Crippen molar-refractivity contribution in [1.82, 2.24) is 4.98 Å². The van der Waals surface area contributed by atoms with E-state index in [-0.39, 0.29) is 23.7 Å². The summed E-state index contributed by atoms with van der Waals surface area (Å²) in [7, 11) is -0.840. The minimum atomic E-state index is -0.840. The van der Waals surface area contributed by atoms with Crippen molar-refractivity contribution in [1.29, 1.82) is 0 Å². The molecule has 2 aromatic carbocycles. The van der Waals surface area contributed by atoms with Crippen LogP contribution >= 0.6 is 8.89 Å². The molecule has 4 rings (SSSR count). The van der Waals surface area contributed by atoms with Crippen molar-refractivity contribution in [3.05, 3.63) is 72.2 Å². The van der Waals surface area contributed by atoms with Crippen LogP contribution in [0.1, 0.15) is 18.4 Å². The number of aromatic nitrogens is 1. The van der Waals surface area contributed by atoms with Crippen LogP contribution in [0.25, 0.3) is 0 Å². The second-order valence-corrected chi connectivity index (χ2v) is 8.13. The molecule has 1 heterocycles. The number of anilines is 3. The Hall–Kier alpha value is -3.58. The zero-order chi connectivity index (χ0) is 23.2. The highest BCUT2D eigenvalue weighted by molar-refractivity contribution is 7.30. The molecule has 0 aliphatic heterocycles. The van der Waals surface area contributed by atoms with Gasteiger partial charge in [-0.05, 0) is 66.9 Å². The molecule has 170 valence electrons. The van der Waals surface area contributed by atoms with E-state index < -0.39 is 20.7 Å². The second kappa shape index (κ2) is 10.4. The quantitative estimate of drug-likeness (QED) is 0.349. The molecule has 1 fully saturated rings. The maximum atomic E-state index is 13.6. The van der Waals surface area contributed by atoms with Crippen molar-refractivity contribution >= 4 is 38.0 Å². The molecule has 0 saturated heterocycles. The van der Waals surface area contributed by atoms with Gasteiger partial charge in [-0.15, -0.1) is 0 Å². The first-order valence-corrected chi connectivity index (χ1v) is 11.3. The van der Waals surface area contributed by atoms with Crippen molar-refractivity contribution in [2.24, 2.45) is 5.92 Å². The fourth-order valence-electron chi connectivity index (χ4n) is 3.05. The van der Waals surface area contributed by atoms with E-state index in [1.165, 1.54) is 12.1 Å². The number of rotatable bonds is 8. The number of hydrogen-bond acceptors (Lipinski definition) is 4. The summed E-state index contributed by atoms with van der Waals surface area (Å²) in [5.41, 5.74) is 1.20. The monoisotopic (exact) mass is 470 g/mol. The average molecular weight is 470 g/mol. The Bertz CT molecular complexity index is 1160. The van der Waals surface area contributed by atoms with Gasteiger partial charge >= 0.3 is 6.03 Å². The predicted octanol–water partition coefficient (Wildman–Crippen LogP) is 6.07. The lowest BCUT2D eigenvalue weighted by molar-refractivity contribution is -0.117. The van der Waals surface area contributed by atoms with Gasteiger partial charge in [-0.2, -0.15) is 0 Å². The van der Waals surface area contributed by atoms with E-state index in [0.29, 0.717) is 28.6 Å². The summed E-state index contributed by atoms with van der Waals surface area (Å²) in [4.78, 5) is 28.2. The average Bonchev–Trinajstić information content (AvgIpc) is 3.61. The molecule has 0 spiro atoms. The molecule has 3 aromatic rings. The number of carbonyl (C=O) groups is 2. The Morgan fingerprint density at radius 1 is 0.970 bits per heavy atom. The smallest absolute Gasteiger partial charge is 0.323 e. The van der Waals surface area contributed by atoms with Gasteiger partial charge in [0.2, 0.25) is 5.91 Å². The van der Waals surface area contributed by atoms with E-state index in [1.807, 2.05) is 0 Å². The van der Waals surface area contributed by atoms with Gasteiger partial charge in [0.25, 0.3) is 0 Å². The van der Waals surface area contributed by atoms with Crippen LogP contribution < -0.4 is 20.7 Å². The Morgan fingerprint density at radius 2 is 1.73 bits per heavy atom. The van der Waals surface area contributed by atoms with E-state index in [9.17, 15) is 18.2 Å². The molecule has 1 aromatic heterocycles. The summed E-state index contributed by atoms with van der Waals surface area (Å²) < 4.78 is 32.0. The van der Waals surface area contributed by atoms with E-state index in [0.717, 1.165) is 18.9 Å². The predicted molar refractivity (Wildman–Crippen MR) is 124 cm³/mol. The number of ether oxygens (including phenoxy) is 1. The number of halogens is 2. The molecule has 1 saturated carbocycles. The lowest BCUT2D eigenvalue weighted by Gasteiger charge is -2.11. The summed E-state index contributed by atoms with van der Waals surface area (Å²) in [6.07, 6.45) is 3.46. The van der Waals surface area contributed by atoms with Crippen molar-refractivity contribution in [2.75, 3.05) is 16.0 Å². The van der Waals surface area contributed by atoms with Crippen molar-refractivity contribution in [2.45, 2.75) is 19.0 Å². The number of amides is 3. The molecule has 0 radical (unpaired) electrons. The topological polar surface area (TPSA) is 92.3 Å². The minimum absolute atomic E-state index is 0.0365. The molecular formula is C23H21F2N4O3P.